The van der Waals surface area contributed by atoms with Crippen LogP contribution in [0.2, 0.25) is 0 Å². The number of hydrogen-bond acceptors (Lipinski definition) is 4. The monoisotopic (exact) mass is 274 g/mol. The fourth-order valence-electron chi connectivity index (χ4n) is 2.39. The Morgan fingerprint density at radius 3 is 2.84 bits per heavy atom. The molecule has 0 amide bonds. The molecule has 1 N–H and O–H groups in total. The zero-order valence-electron chi connectivity index (χ0n) is 11.1. The normalized spacial score (nSPS) is 14.2. The van der Waals surface area contributed by atoms with Crippen molar-refractivity contribution in [2.24, 2.45) is 0 Å². The maximum Gasteiger partial charge on any atom is 0.152 e. The molecule has 0 spiro atoms. The van der Waals surface area contributed by atoms with Crippen LogP contribution in [0.3, 0.4) is 0 Å². The topological polar surface area (TPSA) is 42.7 Å². The predicted molar refractivity (Wildman–Crippen MR) is 78.5 cm³/mol. The van der Waals surface area contributed by atoms with Crippen molar-refractivity contribution in [1.82, 2.24) is 14.8 Å². The Hall–Kier alpha value is -1.49. The van der Waals surface area contributed by atoms with E-state index >= 15 is 0 Å². The molecule has 100 valence electrons. The summed E-state index contributed by atoms with van der Waals surface area (Å²) in [5, 5.41) is 12.0. The molecule has 0 fully saturated rings. The van der Waals surface area contributed by atoms with E-state index in [2.05, 4.69) is 50.6 Å². The average Bonchev–Trinajstić information content (AvgIpc) is 2.89. The van der Waals surface area contributed by atoms with Crippen molar-refractivity contribution in [2.45, 2.75) is 37.2 Å². The molecule has 1 aromatic heterocycles. The first-order valence-electron chi connectivity index (χ1n) is 6.66. The molecule has 5 heteroatoms. The first kappa shape index (κ1) is 12.5. The number of nitrogens with zero attached hydrogens (tertiary/aromatic N) is 3. The number of fused-ring (bicyclic) bond motifs is 1. The molecule has 1 aromatic carbocycles. The van der Waals surface area contributed by atoms with Gasteiger partial charge in [-0.2, -0.15) is 0 Å². The molecular weight excluding hydrogens is 256 g/mol. The number of thioether (sulfide) groups is 1. The number of nitrogens with one attached hydrogen (secondary N) is 1. The van der Waals surface area contributed by atoms with Crippen molar-refractivity contribution in [2.75, 3.05) is 11.6 Å². The molecule has 0 radical (unpaired) electrons. The minimum atomic E-state index is 0.742. The van der Waals surface area contributed by atoms with E-state index in [9.17, 15) is 0 Å². The number of benzene rings is 1. The third-order valence-corrected chi connectivity index (χ3v) is 4.22. The Balaban J connectivity index is 1.66. The highest BCUT2D eigenvalue weighted by Gasteiger charge is 2.15. The number of hydrogen-bond donors (Lipinski definition) is 1. The van der Waals surface area contributed by atoms with Crippen molar-refractivity contribution < 1.29 is 0 Å². The summed E-state index contributed by atoms with van der Waals surface area (Å²) in [4.78, 5) is 1.28. The quantitative estimate of drug-likeness (QED) is 0.871. The molecule has 0 unspecified atom stereocenters. The van der Waals surface area contributed by atoms with Crippen LogP contribution >= 0.6 is 11.8 Å². The van der Waals surface area contributed by atoms with Gasteiger partial charge in [0.1, 0.15) is 5.82 Å². The molecule has 0 saturated carbocycles. The molecule has 0 aliphatic carbocycles. The van der Waals surface area contributed by atoms with Crippen molar-refractivity contribution in [1.29, 1.82) is 0 Å². The van der Waals surface area contributed by atoms with Gasteiger partial charge in [-0.1, -0.05) is 0 Å². The molecule has 1 aliphatic heterocycles. The number of rotatable bonds is 4. The third kappa shape index (κ3) is 2.76. The summed E-state index contributed by atoms with van der Waals surface area (Å²) in [6.07, 6.45) is 5.63. The van der Waals surface area contributed by atoms with E-state index in [4.69, 9.17) is 0 Å². The van der Waals surface area contributed by atoms with Gasteiger partial charge in [0, 0.05) is 23.5 Å². The molecular formula is C14H18N4S. The maximum atomic E-state index is 4.29. The molecule has 0 bridgehead atoms. The van der Waals surface area contributed by atoms with Crippen LogP contribution < -0.4 is 5.32 Å². The van der Waals surface area contributed by atoms with Crippen molar-refractivity contribution in [3.63, 3.8) is 0 Å². The zero-order chi connectivity index (χ0) is 13.1. The van der Waals surface area contributed by atoms with Gasteiger partial charge in [-0.25, -0.2) is 0 Å². The molecule has 2 aromatic rings. The van der Waals surface area contributed by atoms with Crippen LogP contribution in [-0.2, 0) is 19.5 Å². The van der Waals surface area contributed by atoms with E-state index in [1.807, 2.05) is 0 Å². The lowest BCUT2D eigenvalue weighted by molar-refractivity contribution is 0.510. The molecule has 3 rings (SSSR count). The van der Waals surface area contributed by atoms with Crippen LogP contribution in [0.25, 0.3) is 0 Å². The Morgan fingerprint density at radius 2 is 2.05 bits per heavy atom. The van der Waals surface area contributed by atoms with Crippen LogP contribution in [0, 0.1) is 0 Å². The van der Waals surface area contributed by atoms with Crippen molar-refractivity contribution in [3.05, 3.63) is 35.9 Å². The van der Waals surface area contributed by atoms with Gasteiger partial charge in [0.25, 0.3) is 0 Å². The number of anilines is 1. The van der Waals surface area contributed by atoms with Gasteiger partial charge in [0.2, 0.25) is 0 Å². The summed E-state index contributed by atoms with van der Waals surface area (Å²) >= 11 is 1.76. The Labute approximate surface area is 117 Å². The lowest BCUT2D eigenvalue weighted by atomic mass is 10.2. The smallest absolute Gasteiger partial charge is 0.152 e. The molecule has 1 aliphatic rings. The third-order valence-electron chi connectivity index (χ3n) is 3.48. The Kier molecular flexibility index (Phi) is 3.73. The highest BCUT2D eigenvalue weighted by atomic mass is 32.2. The van der Waals surface area contributed by atoms with Gasteiger partial charge in [0.05, 0.1) is 6.54 Å². The Bertz CT molecular complexity index is 547. The van der Waals surface area contributed by atoms with Gasteiger partial charge < -0.3 is 9.88 Å². The first-order valence-corrected chi connectivity index (χ1v) is 7.88. The first-order chi connectivity index (χ1) is 9.36. The highest BCUT2D eigenvalue weighted by molar-refractivity contribution is 7.98. The predicted octanol–water partition coefficient (Wildman–Crippen LogP) is 2.95. The summed E-state index contributed by atoms with van der Waals surface area (Å²) in [5.74, 6) is 2.18. The van der Waals surface area contributed by atoms with Crippen LogP contribution in [0.4, 0.5) is 5.69 Å². The minimum Gasteiger partial charge on any atom is -0.378 e. The molecule has 0 atom stereocenters. The summed E-state index contributed by atoms with van der Waals surface area (Å²) in [6.45, 7) is 1.80. The summed E-state index contributed by atoms with van der Waals surface area (Å²) in [6, 6.07) is 8.48. The van der Waals surface area contributed by atoms with Crippen LogP contribution in [0.15, 0.2) is 29.2 Å². The standard InChI is InChI=1S/C14H18N4S/c1-19-12-7-5-11(6-8-12)15-10-14-17-16-13-4-2-3-9-18(13)14/h5-8,15H,2-4,9-10H2,1H3. The van der Waals surface area contributed by atoms with Gasteiger partial charge in [-0.15, -0.1) is 22.0 Å². The Morgan fingerprint density at radius 1 is 1.21 bits per heavy atom. The summed E-state index contributed by atoms with van der Waals surface area (Å²) in [5.41, 5.74) is 1.13. The summed E-state index contributed by atoms with van der Waals surface area (Å²) < 4.78 is 2.26. The van der Waals surface area contributed by atoms with E-state index in [1.54, 1.807) is 11.8 Å². The highest BCUT2D eigenvalue weighted by Crippen LogP contribution is 2.19. The summed E-state index contributed by atoms with van der Waals surface area (Å²) in [7, 11) is 0. The largest absolute Gasteiger partial charge is 0.378 e. The van der Waals surface area contributed by atoms with Gasteiger partial charge >= 0.3 is 0 Å². The second-order valence-corrected chi connectivity index (χ2v) is 5.60. The van der Waals surface area contributed by atoms with Crippen LogP contribution in [0.5, 0.6) is 0 Å². The van der Waals surface area contributed by atoms with Gasteiger partial charge in [-0.3, -0.25) is 0 Å². The van der Waals surface area contributed by atoms with E-state index < -0.39 is 0 Å². The second-order valence-electron chi connectivity index (χ2n) is 4.72. The lowest BCUT2D eigenvalue weighted by Gasteiger charge is -2.15. The minimum absolute atomic E-state index is 0.742. The van der Waals surface area contributed by atoms with E-state index in [-0.39, 0.29) is 0 Å². The lowest BCUT2D eigenvalue weighted by Crippen LogP contribution is -2.15. The second kappa shape index (κ2) is 5.65. The number of aromatic nitrogens is 3. The molecule has 0 saturated heterocycles. The van der Waals surface area contributed by atoms with E-state index in [0.29, 0.717) is 0 Å². The molecule has 19 heavy (non-hydrogen) atoms. The van der Waals surface area contributed by atoms with E-state index in [0.717, 1.165) is 36.8 Å². The van der Waals surface area contributed by atoms with Gasteiger partial charge in [-0.05, 0) is 43.4 Å². The number of aryl methyl sites for hydroxylation is 1. The average molecular weight is 274 g/mol. The fraction of sp³-hybridized carbons (Fsp3) is 0.429. The van der Waals surface area contributed by atoms with Crippen molar-refractivity contribution in [3.8, 4) is 0 Å². The van der Waals surface area contributed by atoms with Crippen LogP contribution in [0.1, 0.15) is 24.5 Å². The zero-order valence-corrected chi connectivity index (χ0v) is 11.9. The van der Waals surface area contributed by atoms with Gasteiger partial charge in [0.15, 0.2) is 5.82 Å². The molecule has 4 nitrogen and oxygen atoms in total. The maximum absolute atomic E-state index is 4.29. The van der Waals surface area contributed by atoms with Crippen molar-refractivity contribution >= 4 is 17.4 Å². The SMILES string of the molecule is CSc1ccc(NCc2nnc3n2CCCC3)cc1. The van der Waals surface area contributed by atoms with Crippen LogP contribution in [-0.4, -0.2) is 21.0 Å². The fourth-order valence-corrected chi connectivity index (χ4v) is 2.80. The van der Waals surface area contributed by atoms with E-state index in [1.165, 1.54) is 17.7 Å². The molecule has 2 heterocycles.